The van der Waals surface area contributed by atoms with Gasteiger partial charge in [0.25, 0.3) is 5.91 Å². The van der Waals surface area contributed by atoms with Gasteiger partial charge in [0, 0.05) is 6.04 Å². The lowest BCUT2D eigenvalue weighted by Crippen LogP contribution is -2.62. The van der Waals surface area contributed by atoms with Crippen molar-refractivity contribution < 1.29 is 9.59 Å². The van der Waals surface area contributed by atoms with Gasteiger partial charge in [0.1, 0.15) is 5.54 Å². The van der Waals surface area contributed by atoms with Crippen molar-refractivity contribution in [2.24, 2.45) is 5.92 Å². The van der Waals surface area contributed by atoms with Crippen molar-refractivity contribution >= 4 is 23.2 Å². The van der Waals surface area contributed by atoms with Crippen LogP contribution < -0.4 is 10.2 Å². The van der Waals surface area contributed by atoms with Gasteiger partial charge < -0.3 is 5.32 Å². The van der Waals surface area contributed by atoms with Crippen LogP contribution in [0.25, 0.3) is 0 Å². The summed E-state index contributed by atoms with van der Waals surface area (Å²) in [5.74, 6) is 0.740. The van der Waals surface area contributed by atoms with E-state index in [1.54, 1.807) is 0 Å². The number of carbonyl (C=O) groups excluding carboxylic acids is 2. The fraction of sp³-hybridized carbons (Fsp3) is 0.600. The SMILES string of the molecule is C[C@@H](C1CC1)N(C)CC(=O)N1c2ccccc2NC(=O)C12CCCC2. The maximum absolute atomic E-state index is 13.3. The summed E-state index contributed by atoms with van der Waals surface area (Å²) in [6.45, 7) is 2.56. The van der Waals surface area contributed by atoms with Gasteiger partial charge >= 0.3 is 0 Å². The molecule has 1 atom stereocenters. The molecule has 5 heteroatoms. The summed E-state index contributed by atoms with van der Waals surface area (Å²) in [5.41, 5.74) is 0.896. The highest BCUT2D eigenvalue weighted by Gasteiger charge is 2.52. The Kier molecular flexibility index (Phi) is 4.07. The van der Waals surface area contributed by atoms with E-state index in [2.05, 4.69) is 17.1 Å². The third-order valence-corrected chi connectivity index (χ3v) is 6.31. The first kappa shape index (κ1) is 16.6. The highest BCUT2D eigenvalue weighted by Crippen LogP contribution is 2.45. The molecular weight excluding hydrogens is 314 g/mol. The summed E-state index contributed by atoms with van der Waals surface area (Å²) >= 11 is 0. The molecule has 3 aliphatic rings. The van der Waals surface area contributed by atoms with Gasteiger partial charge in [-0.05, 0) is 57.7 Å². The summed E-state index contributed by atoms with van der Waals surface area (Å²) in [6, 6.07) is 8.09. The number of nitrogens with zero attached hydrogens (tertiary/aromatic N) is 2. The molecular formula is C20H27N3O2. The molecule has 1 heterocycles. The van der Waals surface area contributed by atoms with E-state index >= 15 is 0 Å². The predicted octanol–water partition coefficient (Wildman–Crippen LogP) is 3.01. The molecule has 2 amide bonds. The number of nitrogens with one attached hydrogen (secondary N) is 1. The molecule has 2 fully saturated rings. The lowest BCUT2D eigenvalue weighted by atomic mass is 9.89. The van der Waals surface area contributed by atoms with E-state index in [1.807, 2.05) is 36.2 Å². The maximum atomic E-state index is 13.3. The molecule has 0 saturated heterocycles. The summed E-state index contributed by atoms with van der Waals surface area (Å²) in [4.78, 5) is 30.2. The van der Waals surface area contributed by atoms with Crippen molar-refractivity contribution in [3.8, 4) is 0 Å². The van der Waals surface area contributed by atoms with Gasteiger partial charge in [0.2, 0.25) is 5.91 Å². The summed E-state index contributed by atoms with van der Waals surface area (Å²) in [6.07, 6.45) is 6.01. The average Bonchev–Trinajstić information content (AvgIpc) is 3.34. The standard InChI is InChI=1S/C20H27N3O2/c1-14(15-9-10-15)22(2)13-18(24)23-17-8-4-3-7-16(17)21-19(25)20(23)11-5-6-12-20/h3-4,7-8,14-15H,5-6,9-13H2,1-2H3,(H,21,25)/t14-/m0/s1. The Morgan fingerprint density at radius 2 is 2.00 bits per heavy atom. The van der Waals surface area contributed by atoms with Crippen molar-refractivity contribution in [2.75, 3.05) is 23.8 Å². The molecule has 0 aromatic heterocycles. The molecule has 2 saturated carbocycles. The first-order valence-corrected chi connectivity index (χ1v) is 9.47. The second-order valence-electron chi connectivity index (χ2n) is 7.93. The molecule has 134 valence electrons. The molecule has 5 nitrogen and oxygen atoms in total. The van der Waals surface area contributed by atoms with Crippen molar-refractivity contribution in [2.45, 2.75) is 57.0 Å². The fourth-order valence-corrected chi connectivity index (χ4v) is 4.50. The normalized spacial score (nSPS) is 22.8. The molecule has 1 spiro atoms. The predicted molar refractivity (Wildman–Crippen MR) is 98.6 cm³/mol. The maximum Gasteiger partial charge on any atom is 0.250 e. The van der Waals surface area contributed by atoms with Crippen LogP contribution in [-0.2, 0) is 9.59 Å². The van der Waals surface area contributed by atoms with E-state index in [4.69, 9.17) is 0 Å². The highest BCUT2D eigenvalue weighted by atomic mass is 16.2. The quantitative estimate of drug-likeness (QED) is 0.916. The van der Waals surface area contributed by atoms with Crippen LogP contribution in [-0.4, -0.2) is 41.9 Å². The Morgan fingerprint density at radius 3 is 2.68 bits per heavy atom. The van der Waals surface area contributed by atoms with E-state index in [-0.39, 0.29) is 11.8 Å². The third-order valence-electron chi connectivity index (χ3n) is 6.31. The molecule has 1 N–H and O–H groups in total. The van der Waals surface area contributed by atoms with Gasteiger partial charge in [0.15, 0.2) is 0 Å². The molecule has 1 aliphatic heterocycles. The van der Waals surface area contributed by atoms with Crippen LogP contribution in [0, 0.1) is 5.92 Å². The van der Waals surface area contributed by atoms with Gasteiger partial charge in [-0.2, -0.15) is 0 Å². The number of benzene rings is 1. The third kappa shape index (κ3) is 2.74. The van der Waals surface area contributed by atoms with Crippen LogP contribution in [0.4, 0.5) is 11.4 Å². The molecule has 2 aliphatic carbocycles. The van der Waals surface area contributed by atoms with E-state index in [9.17, 15) is 9.59 Å². The summed E-state index contributed by atoms with van der Waals surface area (Å²) in [7, 11) is 2.03. The zero-order valence-corrected chi connectivity index (χ0v) is 15.1. The van der Waals surface area contributed by atoms with Crippen LogP contribution in [0.15, 0.2) is 24.3 Å². The number of anilines is 2. The van der Waals surface area contributed by atoms with Gasteiger partial charge in [-0.3, -0.25) is 19.4 Å². The van der Waals surface area contributed by atoms with E-state index < -0.39 is 5.54 Å². The summed E-state index contributed by atoms with van der Waals surface area (Å²) < 4.78 is 0. The lowest BCUT2D eigenvalue weighted by Gasteiger charge is -2.45. The lowest BCUT2D eigenvalue weighted by molar-refractivity contribution is -0.128. The Morgan fingerprint density at radius 1 is 1.32 bits per heavy atom. The van der Waals surface area contributed by atoms with E-state index in [0.717, 1.165) is 43.0 Å². The largest absolute Gasteiger partial charge is 0.322 e. The molecule has 1 aromatic carbocycles. The van der Waals surface area contributed by atoms with Crippen molar-refractivity contribution in [3.05, 3.63) is 24.3 Å². The molecule has 4 rings (SSSR count). The fourth-order valence-electron chi connectivity index (χ4n) is 4.50. The second kappa shape index (κ2) is 6.13. The van der Waals surface area contributed by atoms with E-state index in [1.165, 1.54) is 12.8 Å². The van der Waals surface area contributed by atoms with Gasteiger partial charge in [-0.25, -0.2) is 0 Å². The van der Waals surface area contributed by atoms with Crippen LogP contribution in [0.3, 0.4) is 0 Å². The Balaban J connectivity index is 1.66. The van der Waals surface area contributed by atoms with Gasteiger partial charge in [0.05, 0.1) is 17.9 Å². The number of carbonyl (C=O) groups is 2. The van der Waals surface area contributed by atoms with Crippen LogP contribution in [0.1, 0.15) is 45.4 Å². The van der Waals surface area contributed by atoms with Crippen molar-refractivity contribution in [1.82, 2.24) is 4.90 Å². The van der Waals surface area contributed by atoms with Crippen molar-refractivity contribution in [1.29, 1.82) is 0 Å². The molecule has 0 bridgehead atoms. The van der Waals surface area contributed by atoms with Crippen LogP contribution >= 0.6 is 0 Å². The first-order chi connectivity index (χ1) is 12.0. The highest BCUT2D eigenvalue weighted by molar-refractivity contribution is 6.15. The number of hydrogen-bond acceptors (Lipinski definition) is 3. The molecule has 25 heavy (non-hydrogen) atoms. The minimum Gasteiger partial charge on any atom is -0.322 e. The minimum absolute atomic E-state index is 0.0186. The topological polar surface area (TPSA) is 52.7 Å². The summed E-state index contributed by atoms with van der Waals surface area (Å²) in [5, 5.41) is 3.04. The number of likely N-dealkylation sites (N-methyl/N-ethyl adjacent to an activating group) is 1. The Labute approximate surface area is 149 Å². The second-order valence-corrected chi connectivity index (χ2v) is 7.93. The molecule has 1 aromatic rings. The average molecular weight is 341 g/mol. The number of rotatable bonds is 4. The van der Waals surface area contributed by atoms with Crippen LogP contribution in [0.2, 0.25) is 0 Å². The zero-order valence-electron chi connectivity index (χ0n) is 15.1. The number of amides is 2. The smallest absolute Gasteiger partial charge is 0.250 e. The first-order valence-electron chi connectivity index (χ1n) is 9.47. The minimum atomic E-state index is -0.699. The Bertz CT molecular complexity index is 692. The molecule has 0 radical (unpaired) electrons. The number of para-hydroxylation sites is 2. The van der Waals surface area contributed by atoms with E-state index in [0.29, 0.717) is 12.6 Å². The zero-order chi connectivity index (χ0) is 17.6. The monoisotopic (exact) mass is 341 g/mol. The van der Waals surface area contributed by atoms with Crippen LogP contribution in [0.5, 0.6) is 0 Å². The number of fused-ring (bicyclic) bond motifs is 1. The van der Waals surface area contributed by atoms with Gasteiger partial charge in [-0.1, -0.05) is 25.0 Å². The van der Waals surface area contributed by atoms with Crippen molar-refractivity contribution in [3.63, 3.8) is 0 Å². The number of hydrogen-bond donors (Lipinski definition) is 1. The Hall–Kier alpha value is -1.88. The van der Waals surface area contributed by atoms with Gasteiger partial charge in [-0.15, -0.1) is 0 Å². The molecule has 0 unspecified atom stereocenters.